The summed E-state index contributed by atoms with van der Waals surface area (Å²) in [5.74, 6) is 0.405. The number of hydrogen-bond acceptors (Lipinski definition) is 8. The summed E-state index contributed by atoms with van der Waals surface area (Å²) < 4.78 is 44.2. The molecule has 3 amide bonds. The highest BCUT2D eigenvalue weighted by Crippen LogP contribution is 2.33. The molecule has 1 saturated heterocycles. The lowest BCUT2D eigenvalue weighted by molar-refractivity contribution is -0.158. The number of allylic oxidation sites excluding steroid dienone is 1. The van der Waals surface area contributed by atoms with Gasteiger partial charge in [-0.2, -0.15) is 13.2 Å². The monoisotopic (exact) mass is 504 g/mol. The number of oxazole rings is 1. The van der Waals surface area contributed by atoms with Crippen molar-refractivity contribution in [3.05, 3.63) is 48.0 Å². The van der Waals surface area contributed by atoms with Crippen molar-refractivity contribution in [3.8, 4) is 11.5 Å². The number of alkyl halides is 3. The second kappa shape index (κ2) is 8.84. The van der Waals surface area contributed by atoms with Crippen molar-refractivity contribution < 1.29 is 27.2 Å². The number of aromatic nitrogens is 3. The molecule has 190 valence electrons. The molecule has 0 aromatic carbocycles. The summed E-state index contributed by atoms with van der Waals surface area (Å²) in [7, 11) is 0. The Kier molecular flexibility index (Phi) is 5.80. The fraction of sp³-hybridized carbons (Fsp3) is 0.409. The number of rotatable bonds is 4. The van der Waals surface area contributed by atoms with E-state index in [4.69, 9.17) is 4.42 Å². The fourth-order valence-electron chi connectivity index (χ4n) is 4.33. The summed E-state index contributed by atoms with van der Waals surface area (Å²) in [5, 5.41) is 7.58. The Balaban J connectivity index is 1.35. The van der Waals surface area contributed by atoms with Gasteiger partial charge < -0.3 is 20.0 Å². The zero-order chi connectivity index (χ0) is 25.6. The van der Waals surface area contributed by atoms with E-state index >= 15 is 0 Å². The second-order valence-electron chi connectivity index (χ2n) is 8.68. The van der Waals surface area contributed by atoms with Crippen molar-refractivity contribution in [2.75, 3.05) is 18.4 Å². The molecule has 3 aliphatic heterocycles. The Morgan fingerprint density at radius 3 is 2.83 bits per heavy atom. The molecule has 3 N–H and O–H groups in total. The quantitative estimate of drug-likeness (QED) is 0.578. The van der Waals surface area contributed by atoms with Crippen LogP contribution >= 0.6 is 0 Å². The Labute approximate surface area is 203 Å². The van der Waals surface area contributed by atoms with Gasteiger partial charge in [0.2, 0.25) is 11.9 Å². The fourth-order valence-corrected chi connectivity index (χ4v) is 4.33. The molecule has 0 aliphatic carbocycles. The Morgan fingerprint density at radius 1 is 1.31 bits per heavy atom. The smallest absolute Gasteiger partial charge is 0.408 e. The van der Waals surface area contributed by atoms with Crippen LogP contribution in [0.4, 0.5) is 23.9 Å². The third-order valence-electron chi connectivity index (χ3n) is 6.19. The van der Waals surface area contributed by atoms with E-state index in [9.17, 15) is 22.8 Å². The third-order valence-corrected chi connectivity index (χ3v) is 6.19. The molecule has 3 atom stereocenters. The number of dihydropyridines is 1. The number of fused-ring (bicyclic) bond motifs is 3. The van der Waals surface area contributed by atoms with Crippen molar-refractivity contribution in [1.82, 2.24) is 35.4 Å². The highest BCUT2D eigenvalue weighted by Gasteiger charge is 2.43. The summed E-state index contributed by atoms with van der Waals surface area (Å²) in [4.78, 5) is 41.9. The van der Waals surface area contributed by atoms with E-state index in [0.29, 0.717) is 48.4 Å². The molecule has 3 aliphatic rings. The Hall–Kier alpha value is -4.10. The van der Waals surface area contributed by atoms with E-state index < -0.39 is 30.2 Å². The van der Waals surface area contributed by atoms with Crippen molar-refractivity contribution >= 4 is 17.9 Å². The zero-order valence-corrected chi connectivity index (χ0v) is 19.3. The lowest BCUT2D eigenvalue weighted by Gasteiger charge is -2.40. The van der Waals surface area contributed by atoms with Crippen LogP contribution in [0.1, 0.15) is 19.2 Å². The summed E-state index contributed by atoms with van der Waals surface area (Å²) >= 11 is 0. The van der Waals surface area contributed by atoms with Gasteiger partial charge in [0.15, 0.2) is 11.7 Å². The SMILES string of the molecule is Cc1ncc(-c2ccnc(NC(=O)N3C4=C(C=CC(C(=O)N[C@H](C)C(F)(F)F)N4)N4CC[C@H]3C4)n2)o1. The molecule has 2 aromatic heterocycles. The topological polar surface area (TPSA) is 129 Å². The number of nitrogens with one attached hydrogen (secondary N) is 3. The highest BCUT2D eigenvalue weighted by molar-refractivity contribution is 5.90. The van der Waals surface area contributed by atoms with Crippen LogP contribution in [-0.4, -0.2) is 74.1 Å². The first-order valence-electron chi connectivity index (χ1n) is 11.3. The van der Waals surface area contributed by atoms with E-state index in [1.807, 2.05) is 5.32 Å². The minimum absolute atomic E-state index is 0.0359. The lowest BCUT2D eigenvalue weighted by atomic mass is 10.1. The lowest BCUT2D eigenvalue weighted by Crippen LogP contribution is -2.57. The van der Waals surface area contributed by atoms with Gasteiger partial charge in [0.25, 0.3) is 0 Å². The molecule has 2 aromatic rings. The van der Waals surface area contributed by atoms with E-state index in [1.165, 1.54) is 23.4 Å². The van der Waals surface area contributed by atoms with Gasteiger partial charge in [-0.1, -0.05) is 6.08 Å². The Morgan fingerprint density at radius 2 is 2.11 bits per heavy atom. The first-order chi connectivity index (χ1) is 17.1. The minimum atomic E-state index is -4.57. The molecular weight excluding hydrogens is 481 g/mol. The number of nitrogens with zero attached hydrogens (tertiary/aromatic N) is 5. The number of urea groups is 1. The van der Waals surface area contributed by atoms with Crippen molar-refractivity contribution in [3.63, 3.8) is 0 Å². The maximum Gasteiger partial charge on any atom is 0.408 e. The van der Waals surface area contributed by atoms with Crippen LogP contribution < -0.4 is 16.0 Å². The summed E-state index contributed by atoms with van der Waals surface area (Å²) in [6.45, 7) is 3.84. The van der Waals surface area contributed by atoms with Crippen LogP contribution in [0.5, 0.6) is 0 Å². The first-order valence-corrected chi connectivity index (χ1v) is 11.3. The molecule has 11 nitrogen and oxygen atoms in total. The minimum Gasteiger partial charge on any atom is -0.439 e. The Bertz CT molecular complexity index is 1260. The maximum absolute atomic E-state index is 13.4. The second-order valence-corrected chi connectivity index (χ2v) is 8.68. The van der Waals surface area contributed by atoms with Gasteiger partial charge in [-0.3, -0.25) is 15.0 Å². The molecule has 0 spiro atoms. The molecule has 5 heterocycles. The van der Waals surface area contributed by atoms with Crippen LogP contribution in [0, 0.1) is 6.92 Å². The molecule has 36 heavy (non-hydrogen) atoms. The standard InChI is InChI=1S/C22H23F3N8O3/c1-11(22(23,24)25)28-19(34)15-3-4-16-18(29-15)33(13-6-8-32(16)10-13)21(35)31-20-26-7-5-14(30-20)17-9-27-12(2)36-17/h3-5,7,9,11,13,15,29H,6,8,10H2,1-2H3,(H,28,34)(H,26,30,31,35)/t11-,13+,15?/m1/s1. The van der Waals surface area contributed by atoms with Gasteiger partial charge in [-0.05, 0) is 25.5 Å². The van der Waals surface area contributed by atoms with Gasteiger partial charge in [0.05, 0.1) is 17.9 Å². The number of carbonyl (C=O) groups is 2. The van der Waals surface area contributed by atoms with E-state index in [-0.39, 0.29) is 12.0 Å². The average Bonchev–Trinajstić information content (AvgIpc) is 3.45. The molecular formula is C22H23F3N8O3. The highest BCUT2D eigenvalue weighted by atomic mass is 19.4. The number of aryl methyl sites for hydroxylation is 1. The van der Waals surface area contributed by atoms with Crippen LogP contribution in [0.25, 0.3) is 11.5 Å². The van der Waals surface area contributed by atoms with Crippen LogP contribution in [0.15, 0.2) is 46.5 Å². The van der Waals surface area contributed by atoms with Gasteiger partial charge >= 0.3 is 12.2 Å². The molecule has 2 bridgehead atoms. The van der Waals surface area contributed by atoms with E-state index in [0.717, 1.165) is 6.92 Å². The third kappa shape index (κ3) is 4.45. The molecule has 14 heteroatoms. The summed E-state index contributed by atoms with van der Waals surface area (Å²) in [6, 6.07) is -2.23. The number of carbonyl (C=O) groups excluding carboxylic acids is 2. The number of amides is 3. The zero-order valence-electron chi connectivity index (χ0n) is 19.3. The number of halogens is 3. The predicted octanol–water partition coefficient (Wildman–Crippen LogP) is 2.13. The van der Waals surface area contributed by atoms with Crippen LogP contribution in [0.2, 0.25) is 0 Å². The van der Waals surface area contributed by atoms with Crippen molar-refractivity contribution in [1.29, 1.82) is 0 Å². The van der Waals surface area contributed by atoms with Gasteiger partial charge in [0, 0.05) is 26.2 Å². The number of hydrogen-bond donors (Lipinski definition) is 3. The van der Waals surface area contributed by atoms with Crippen LogP contribution in [-0.2, 0) is 4.79 Å². The van der Waals surface area contributed by atoms with E-state index in [2.05, 4.69) is 30.5 Å². The van der Waals surface area contributed by atoms with E-state index in [1.54, 1.807) is 19.1 Å². The van der Waals surface area contributed by atoms with Crippen molar-refractivity contribution in [2.45, 2.75) is 44.6 Å². The maximum atomic E-state index is 13.4. The van der Waals surface area contributed by atoms with Gasteiger partial charge in [-0.15, -0.1) is 0 Å². The molecule has 1 unspecified atom stereocenters. The predicted molar refractivity (Wildman–Crippen MR) is 120 cm³/mol. The summed E-state index contributed by atoms with van der Waals surface area (Å²) in [6.07, 6.45) is 2.23. The largest absolute Gasteiger partial charge is 0.439 e. The average molecular weight is 504 g/mol. The van der Waals surface area contributed by atoms with Crippen molar-refractivity contribution in [2.24, 2.45) is 0 Å². The van der Waals surface area contributed by atoms with Gasteiger partial charge in [0.1, 0.15) is 23.6 Å². The summed E-state index contributed by atoms with van der Waals surface area (Å²) in [5.41, 5.74) is 1.11. The molecule has 0 saturated carbocycles. The molecule has 5 rings (SSSR count). The molecule has 0 radical (unpaired) electrons. The van der Waals surface area contributed by atoms with Crippen LogP contribution in [0.3, 0.4) is 0 Å². The normalized spacial score (nSPS) is 21.7. The first kappa shape index (κ1) is 23.6. The molecule has 1 fully saturated rings. The number of anilines is 1. The van der Waals surface area contributed by atoms with Gasteiger partial charge in [-0.25, -0.2) is 19.7 Å².